The molecule has 0 aromatic heterocycles. The van der Waals surface area contributed by atoms with Gasteiger partial charge in [0.2, 0.25) is 0 Å². The van der Waals surface area contributed by atoms with E-state index in [0.29, 0.717) is 5.41 Å². The lowest BCUT2D eigenvalue weighted by atomic mass is 9.69. The summed E-state index contributed by atoms with van der Waals surface area (Å²) in [6.45, 7) is 3.96. The van der Waals surface area contributed by atoms with Gasteiger partial charge in [-0.05, 0) is 44.3 Å². The molecular formula is C18H28ClN. The quantitative estimate of drug-likeness (QED) is 0.774. The predicted molar refractivity (Wildman–Crippen MR) is 88.7 cm³/mol. The van der Waals surface area contributed by atoms with E-state index in [2.05, 4.69) is 35.2 Å². The fourth-order valence-electron chi connectivity index (χ4n) is 4.10. The summed E-state index contributed by atoms with van der Waals surface area (Å²) in [7, 11) is 0. The summed E-state index contributed by atoms with van der Waals surface area (Å²) < 4.78 is 0. The van der Waals surface area contributed by atoms with Crippen LogP contribution in [0.2, 0.25) is 0 Å². The van der Waals surface area contributed by atoms with Crippen LogP contribution in [0.4, 0.5) is 0 Å². The van der Waals surface area contributed by atoms with Crippen LogP contribution in [0.15, 0.2) is 30.3 Å². The zero-order valence-electron chi connectivity index (χ0n) is 12.5. The van der Waals surface area contributed by atoms with Crippen molar-refractivity contribution in [3.63, 3.8) is 0 Å². The Morgan fingerprint density at radius 2 is 1.40 bits per heavy atom. The smallest absolute Gasteiger partial charge is 0.00803 e. The second-order valence-electron chi connectivity index (χ2n) is 6.54. The van der Waals surface area contributed by atoms with Gasteiger partial charge in [0.15, 0.2) is 0 Å². The normalized spacial score (nSPS) is 23.0. The van der Waals surface area contributed by atoms with Crippen molar-refractivity contribution >= 4 is 12.4 Å². The Balaban J connectivity index is 0.00000147. The van der Waals surface area contributed by atoms with Gasteiger partial charge in [0, 0.05) is 12.0 Å². The third kappa shape index (κ3) is 3.56. The maximum atomic E-state index is 2.74. The number of hydrogen-bond acceptors (Lipinski definition) is 1. The van der Waals surface area contributed by atoms with Crippen molar-refractivity contribution in [1.82, 2.24) is 4.90 Å². The molecule has 0 spiro atoms. The molecule has 20 heavy (non-hydrogen) atoms. The summed E-state index contributed by atoms with van der Waals surface area (Å²) in [5, 5.41) is 0. The molecule has 0 bridgehead atoms. The number of hydrogen-bond donors (Lipinski definition) is 0. The average Bonchev–Trinajstić information content (AvgIpc) is 2.50. The first-order valence-corrected chi connectivity index (χ1v) is 8.17. The van der Waals surface area contributed by atoms with Crippen LogP contribution in [0.1, 0.15) is 56.9 Å². The monoisotopic (exact) mass is 293 g/mol. The second kappa shape index (κ2) is 7.47. The Morgan fingerprint density at radius 1 is 0.800 bits per heavy atom. The van der Waals surface area contributed by atoms with Crippen LogP contribution in [0.25, 0.3) is 0 Å². The van der Waals surface area contributed by atoms with E-state index >= 15 is 0 Å². The number of piperidine rings is 1. The summed E-state index contributed by atoms with van der Waals surface area (Å²) in [6.07, 6.45) is 11.3. The fraction of sp³-hybridized carbons (Fsp3) is 0.667. The van der Waals surface area contributed by atoms with Crippen LogP contribution in [-0.4, -0.2) is 24.5 Å². The van der Waals surface area contributed by atoms with Crippen molar-refractivity contribution < 1.29 is 0 Å². The largest absolute Gasteiger partial charge is 0.302 e. The molecule has 0 amide bonds. The van der Waals surface area contributed by atoms with Gasteiger partial charge in [0.25, 0.3) is 0 Å². The summed E-state index contributed by atoms with van der Waals surface area (Å²) in [5.41, 5.74) is 2.05. The van der Waals surface area contributed by atoms with E-state index in [4.69, 9.17) is 0 Å². The van der Waals surface area contributed by atoms with E-state index < -0.39 is 0 Å². The molecule has 1 aromatic rings. The third-order valence-corrected chi connectivity index (χ3v) is 5.17. The molecule has 0 unspecified atom stereocenters. The van der Waals surface area contributed by atoms with Crippen molar-refractivity contribution in [3.8, 4) is 0 Å². The van der Waals surface area contributed by atoms with Gasteiger partial charge >= 0.3 is 0 Å². The molecule has 1 saturated carbocycles. The topological polar surface area (TPSA) is 3.24 Å². The highest BCUT2D eigenvalue weighted by atomic mass is 35.5. The molecule has 2 heteroatoms. The van der Waals surface area contributed by atoms with E-state index in [-0.39, 0.29) is 12.4 Å². The SMILES string of the molecule is Cl.c1ccc(C2(CN3CCCCC3)CCCCC2)cc1. The van der Waals surface area contributed by atoms with E-state index in [0.717, 1.165) is 0 Å². The molecule has 1 saturated heterocycles. The number of rotatable bonds is 3. The summed E-state index contributed by atoms with van der Waals surface area (Å²) in [6, 6.07) is 11.3. The minimum Gasteiger partial charge on any atom is -0.302 e. The van der Waals surface area contributed by atoms with Gasteiger partial charge < -0.3 is 4.90 Å². The molecule has 0 atom stereocenters. The first-order valence-electron chi connectivity index (χ1n) is 8.17. The molecular weight excluding hydrogens is 266 g/mol. The first kappa shape index (κ1) is 15.9. The summed E-state index contributed by atoms with van der Waals surface area (Å²) in [4.78, 5) is 2.74. The van der Waals surface area contributed by atoms with E-state index in [1.54, 1.807) is 5.56 Å². The molecule has 3 rings (SSSR count). The summed E-state index contributed by atoms with van der Waals surface area (Å²) >= 11 is 0. The summed E-state index contributed by atoms with van der Waals surface area (Å²) in [5.74, 6) is 0. The van der Waals surface area contributed by atoms with Gasteiger partial charge in [-0.3, -0.25) is 0 Å². The number of benzene rings is 1. The highest BCUT2D eigenvalue weighted by molar-refractivity contribution is 5.85. The third-order valence-electron chi connectivity index (χ3n) is 5.17. The molecule has 1 nitrogen and oxygen atoms in total. The van der Waals surface area contributed by atoms with Gasteiger partial charge in [0.05, 0.1) is 0 Å². The van der Waals surface area contributed by atoms with Crippen LogP contribution in [0.3, 0.4) is 0 Å². The van der Waals surface area contributed by atoms with Crippen LogP contribution >= 0.6 is 12.4 Å². The van der Waals surface area contributed by atoms with Crippen molar-refractivity contribution in [2.45, 2.75) is 56.8 Å². The van der Waals surface area contributed by atoms with Crippen LogP contribution in [0, 0.1) is 0 Å². The van der Waals surface area contributed by atoms with Gasteiger partial charge in [-0.15, -0.1) is 12.4 Å². The number of nitrogens with zero attached hydrogens (tertiary/aromatic N) is 1. The van der Waals surface area contributed by atoms with Gasteiger partial charge in [-0.1, -0.05) is 56.0 Å². The minimum absolute atomic E-state index is 0. The van der Waals surface area contributed by atoms with E-state index in [9.17, 15) is 0 Å². The van der Waals surface area contributed by atoms with Gasteiger partial charge in [-0.2, -0.15) is 0 Å². The van der Waals surface area contributed by atoms with Crippen molar-refractivity contribution in [2.75, 3.05) is 19.6 Å². The number of likely N-dealkylation sites (tertiary alicyclic amines) is 1. The maximum Gasteiger partial charge on any atom is 0.00803 e. The molecule has 1 aliphatic heterocycles. The zero-order valence-corrected chi connectivity index (χ0v) is 13.3. The van der Waals surface area contributed by atoms with E-state index in [1.165, 1.54) is 71.0 Å². The molecule has 1 aromatic carbocycles. The van der Waals surface area contributed by atoms with Crippen molar-refractivity contribution in [3.05, 3.63) is 35.9 Å². The lowest BCUT2D eigenvalue weighted by Crippen LogP contribution is -2.44. The number of halogens is 1. The molecule has 2 fully saturated rings. The van der Waals surface area contributed by atoms with Crippen LogP contribution in [-0.2, 0) is 5.41 Å². The highest BCUT2D eigenvalue weighted by Gasteiger charge is 2.35. The van der Waals surface area contributed by atoms with Gasteiger partial charge in [0.1, 0.15) is 0 Å². The molecule has 0 radical (unpaired) electrons. The Hall–Kier alpha value is -0.530. The minimum atomic E-state index is 0. The highest BCUT2D eigenvalue weighted by Crippen LogP contribution is 2.40. The lowest BCUT2D eigenvalue weighted by Gasteiger charge is -2.43. The molecule has 112 valence electrons. The molecule has 1 aliphatic carbocycles. The Morgan fingerprint density at radius 3 is 2.05 bits per heavy atom. The fourth-order valence-corrected chi connectivity index (χ4v) is 4.10. The average molecular weight is 294 g/mol. The van der Waals surface area contributed by atoms with Crippen molar-refractivity contribution in [1.29, 1.82) is 0 Å². The zero-order chi connectivity index (χ0) is 13.0. The van der Waals surface area contributed by atoms with Crippen LogP contribution < -0.4 is 0 Å². The van der Waals surface area contributed by atoms with E-state index in [1.807, 2.05) is 0 Å². The van der Waals surface area contributed by atoms with Gasteiger partial charge in [-0.25, -0.2) is 0 Å². The molecule has 1 heterocycles. The standard InChI is InChI=1S/C18H27N.ClH/c1-4-10-17(11-5-1)18(12-6-2-7-13-18)16-19-14-8-3-9-15-19;/h1,4-5,10-11H,2-3,6-9,12-16H2;1H. The molecule has 2 aliphatic rings. The Kier molecular flexibility index (Phi) is 5.92. The first-order chi connectivity index (χ1) is 9.39. The predicted octanol–water partition coefficient (Wildman–Crippen LogP) is 4.80. The lowest BCUT2D eigenvalue weighted by molar-refractivity contribution is 0.147. The van der Waals surface area contributed by atoms with Crippen molar-refractivity contribution in [2.24, 2.45) is 0 Å². The Bertz CT molecular complexity index is 378. The second-order valence-corrected chi connectivity index (χ2v) is 6.54. The maximum absolute atomic E-state index is 2.74. The Labute approximate surface area is 130 Å². The van der Waals surface area contributed by atoms with Crippen LogP contribution in [0.5, 0.6) is 0 Å². The molecule has 0 N–H and O–H groups in total.